The molecule has 0 atom stereocenters. The van der Waals surface area contributed by atoms with Crippen LogP contribution in [0.2, 0.25) is 0 Å². The largest absolute Gasteiger partial charge is 0.355 e. The third-order valence-corrected chi connectivity index (χ3v) is 4.22. The number of carbonyl (C=O) groups excluding carboxylic acids is 1. The van der Waals surface area contributed by atoms with Crippen LogP contribution in [0.5, 0.6) is 0 Å². The maximum Gasteiger partial charge on any atom is 0.234 e. The second kappa shape index (κ2) is 8.22. The number of amides is 1. The molecule has 1 aliphatic carbocycles. The first kappa shape index (κ1) is 16.9. The van der Waals surface area contributed by atoms with E-state index in [1.807, 2.05) is 11.9 Å². The van der Waals surface area contributed by atoms with Crippen LogP contribution in [0.25, 0.3) is 0 Å². The van der Waals surface area contributed by atoms with Crippen molar-refractivity contribution in [3.63, 3.8) is 0 Å². The Morgan fingerprint density at radius 2 is 1.91 bits per heavy atom. The summed E-state index contributed by atoms with van der Waals surface area (Å²) in [5.41, 5.74) is 0.0297. The molecule has 122 valence electrons. The summed E-state index contributed by atoms with van der Waals surface area (Å²) in [6, 6.07) is 3.80. The predicted octanol–water partition coefficient (Wildman–Crippen LogP) is 2.75. The van der Waals surface area contributed by atoms with Gasteiger partial charge in [-0.2, -0.15) is 0 Å². The van der Waals surface area contributed by atoms with Crippen molar-refractivity contribution < 1.29 is 13.6 Å². The first-order valence-electron chi connectivity index (χ1n) is 7.94. The van der Waals surface area contributed by atoms with Gasteiger partial charge in [0.05, 0.1) is 6.54 Å². The summed E-state index contributed by atoms with van der Waals surface area (Å²) in [6.45, 7) is 1.51. The van der Waals surface area contributed by atoms with Gasteiger partial charge in [0.1, 0.15) is 11.6 Å². The predicted molar refractivity (Wildman–Crippen MR) is 82.5 cm³/mol. The smallest absolute Gasteiger partial charge is 0.234 e. The molecule has 1 aromatic rings. The average Bonchev–Trinajstić information content (AvgIpc) is 2.94. The van der Waals surface area contributed by atoms with Crippen LogP contribution >= 0.6 is 0 Å². The summed E-state index contributed by atoms with van der Waals surface area (Å²) in [5, 5.41) is 2.73. The van der Waals surface area contributed by atoms with Gasteiger partial charge >= 0.3 is 0 Å². The van der Waals surface area contributed by atoms with Crippen molar-refractivity contribution in [3.05, 3.63) is 35.4 Å². The summed E-state index contributed by atoms with van der Waals surface area (Å²) in [4.78, 5) is 13.9. The van der Waals surface area contributed by atoms with E-state index in [0.29, 0.717) is 12.5 Å². The molecule has 0 spiro atoms. The van der Waals surface area contributed by atoms with Gasteiger partial charge in [-0.25, -0.2) is 8.78 Å². The highest BCUT2D eigenvalue weighted by Crippen LogP contribution is 2.24. The molecule has 1 aliphatic rings. The number of nitrogens with one attached hydrogen (secondary N) is 1. The number of hydrogen-bond acceptors (Lipinski definition) is 2. The fourth-order valence-electron chi connectivity index (χ4n) is 3.10. The Hall–Kier alpha value is -1.49. The van der Waals surface area contributed by atoms with Gasteiger partial charge in [0, 0.05) is 18.7 Å². The Morgan fingerprint density at radius 1 is 1.27 bits per heavy atom. The molecule has 0 aromatic heterocycles. The fourth-order valence-corrected chi connectivity index (χ4v) is 3.10. The third kappa shape index (κ3) is 5.05. The van der Waals surface area contributed by atoms with Crippen LogP contribution < -0.4 is 5.32 Å². The van der Waals surface area contributed by atoms with Crippen LogP contribution in [0.4, 0.5) is 8.78 Å². The Morgan fingerprint density at radius 3 is 2.55 bits per heavy atom. The van der Waals surface area contributed by atoms with E-state index in [9.17, 15) is 13.6 Å². The van der Waals surface area contributed by atoms with Gasteiger partial charge in [-0.1, -0.05) is 18.9 Å². The van der Waals surface area contributed by atoms with Crippen molar-refractivity contribution >= 4 is 5.91 Å². The number of halogens is 2. The molecule has 0 bridgehead atoms. The molecule has 1 aromatic carbocycles. The highest BCUT2D eigenvalue weighted by molar-refractivity contribution is 5.77. The van der Waals surface area contributed by atoms with Crippen molar-refractivity contribution in [2.45, 2.75) is 32.1 Å². The quantitative estimate of drug-likeness (QED) is 0.840. The van der Waals surface area contributed by atoms with E-state index in [2.05, 4.69) is 5.32 Å². The number of rotatable bonds is 7. The summed E-state index contributed by atoms with van der Waals surface area (Å²) in [5.74, 6) is -0.525. The number of nitrogens with zero attached hydrogens (tertiary/aromatic N) is 1. The summed E-state index contributed by atoms with van der Waals surface area (Å²) in [7, 11) is 1.94. The minimum absolute atomic E-state index is 0.0297. The normalized spacial score (nSPS) is 15.5. The Bertz CT molecular complexity index is 481. The fraction of sp³-hybridized carbons (Fsp3) is 0.588. The van der Waals surface area contributed by atoms with E-state index < -0.39 is 11.6 Å². The van der Waals surface area contributed by atoms with Gasteiger partial charge in [0.15, 0.2) is 0 Å². The molecule has 0 aliphatic heterocycles. The summed E-state index contributed by atoms with van der Waals surface area (Å²) < 4.78 is 26.9. The minimum atomic E-state index is -0.562. The number of likely N-dealkylation sites (N-methyl/N-ethyl adjacent to an activating group) is 1. The minimum Gasteiger partial charge on any atom is -0.355 e. The zero-order chi connectivity index (χ0) is 15.9. The summed E-state index contributed by atoms with van der Waals surface area (Å²) >= 11 is 0. The van der Waals surface area contributed by atoms with Gasteiger partial charge in [-0.05, 0) is 44.4 Å². The number of carbonyl (C=O) groups is 1. The molecule has 0 radical (unpaired) electrons. The highest BCUT2D eigenvalue weighted by atomic mass is 19.1. The second-order valence-electron chi connectivity index (χ2n) is 6.15. The van der Waals surface area contributed by atoms with Crippen molar-refractivity contribution in [1.29, 1.82) is 0 Å². The lowest BCUT2D eigenvalue weighted by molar-refractivity contribution is -0.122. The Kier molecular flexibility index (Phi) is 6.31. The molecule has 0 unspecified atom stereocenters. The molecule has 0 heterocycles. The van der Waals surface area contributed by atoms with Crippen LogP contribution in [-0.2, 0) is 11.2 Å². The Labute approximate surface area is 130 Å². The van der Waals surface area contributed by atoms with Gasteiger partial charge in [-0.15, -0.1) is 0 Å². The molecule has 1 amide bonds. The van der Waals surface area contributed by atoms with E-state index in [-0.39, 0.29) is 24.4 Å². The molecule has 1 saturated carbocycles. The molecule has 22 heavy (non-hydrogen) atoms. The lowest BCUT2D eigenvalue weighted by atomic mass is 10.1. The van der Waals surface area contributed by atoms with E-state index in [0.717, 1.165) is 6.54 Å². The number of hydrogen-bond donors (Lipinski definition) is 1. The first-order chi connectivity index (χ1) is 10.6. The molecule has 0 saturated heterocycles. The highest BCUT2D eigenvalue weighted by Gasteiger charge is 2.18. The molecule has 3 nitrogen and oxygen atoms in total. The molecular weight excluding hydrogens is 286 g/mol. The average molecular weight is 310 g/mol. The summed E-state index contributed by atoms with van der Waals surface area (Å²) in [6.07, 6.45) is 5.24. The maximum absolute atomic E-state index is 13.5. The monoisotopic (exact) mass is 310 g/mol. The molecule has 2 rings (SSSR count). The first-order valence-corrected chi connectivity index (χ1v) is 7.94. The molecule has 1 fully saturated rings. The van der Waals surface area contributed by atoms with E-state index in [4.69, 9.17) is 0 Å². The van der Waals surface area contributed by atoms with Crippen molar-refractivity contribution in [2.75, 3.05) is 26.7 Å². The third-order valence-electron chi connectivity index (χ3n) is 4.22. The van der Waals surface area contributed by atoms with E-state index in [1.165, 1.54) is 43.9 Å². The maximum atomic E-state index is 13.5. The topological polar surface area (TPSA) is 32.3 Å². The van der Waals surface area contributed by atoms with E-state index in [1.54, 1.807) is 0 Å². The van der Waals surface area contributed by atoms with Gasteiger partial charge in [0.2, 0.25) is 5.91 Å². The zero-order valence-corrected chi connectivity index (χ0v) is 13.1. The standard InChI is InChI=1S/C17H24F2N2O/c1-21(11-13-5-2-3-6-13)12-17(22)20-10-9-14-15(18)7-4-8-16(14)19/h4,7-8,13H,2-3,5-6,9-12H2,1H3,(H,20,22). The molecule has 1 N–H and O–H groups in total. The molecule has 5 heteroatoms. The number of benzene rings is 1. The van der Waals surface area contributed by atoms with E-state index >= 15 is 0 Å². The van der Waals surface area contributed by atoms with Crippen molar-refractivity contribution in [1.82, 2.24) is 10.2 Å². The van der Waals surface area contributed by atoms with Crippen LogP contribution in [0.15, 0.2) is 18.2 Å². The lowest BCUT2D eigenvalue weighted by Gasteiger charge is -2.20. The second-order valence-corrected chi connectivity index (χ2v) is 6.15. The lowest BCUT2D eigenvalue weighted by Crippen LogP contribution is -2.37. The van der Waals surface area contributed by atoms with Crippen molar-refractivity contribution in [2.24, 2.45) is 5.92 Å². The van der Waals surface area contributed by atoms with Crippen LogP contribution in [0, 0.1) is 17.6 Å². The van der Waals surface area contributed by atoms with Gasteiger partial charge in [0.25, 0.3) is 0 Å². The van der Waals surface area contributed by atoms with Gasteiger partial charge < -0.3 is 5.32 Å². The van der Waals surface area contributed by atoms with Crippen LogP contribution in [0.3, 0.4) is 0 Å². The zero-order valence-electron chi connectivity index (χ0n) is 13.1. The van der Waals surface area contributed by atoms with Crippen LogP contribution in [-0.4, -0.2) is 37.5 Å². The molecular formula is C17H24F2N2O. The SMILES string of the molecule is CN(CC(=O)NCCc1c(F)cccc1F)CC1CCCC1. The van der Waals surface area contributed by atoms with Gasteiger partial charge in [-0.3, -0.25) is 9.69 Å². The Balaban J connectivity index is 1.69. The van der Waals surface area contributed by atoms with Crippen molar-refractivity contribution in [3.8, 4) is 0 Å². The van der Waals surface area contributed by atoms with Crippen LogP contribution in [0.1, 0.15) is 31.2 Å².